The van der Waals surface area contributed by atoms with Crippen LogP contribution in [0.4, 0.5) is 0 Å². The van der Waals surface area contributed by atoms with Crippen molar-refractivity contribution in [3.63, 3.8) is 0 Å². The lowest BCUT2D eigenvalue weighted by atomic mass is 10.5. The molecule has 4 nitrogen and oxygen atoms in total. The van der Waals surface area contributed by atoms with E-state index in [1.54, 1.807) is 0 Å². The number of carbonyl (C=O) groups excluding carboxylic acids is 1. The standard InChI is InChI=1S/C6H13O4PS/c1-3-4-10-11(8,9)12-5-6(2)7/h3-5H2,1-2H3,(H,8,9). The largest absolute Gasteiger partial charge is 0.386 e. The van der Waals surface area contributed by atoms with Crippen molar-refractivity contribution in [2.45, 2.75) is 20.3 Å². The van der Waals surface area contributed by atoms with Gasteiger partial charge in [0.2, 0.25) is 0 Å². The minimum atomic E-state index is -3.57. The van der Waals surface area contributed by atoms with E-state index in [4.69, 9.17) is 4.89 Å². The second-order valence-corrected chi connectivity index (χ2v) is 6.18. The Hall–Kier alpha value is 0.170. The third-order valence-corrected chi connectivity index (χ3v) is 3.94. The first-order valence-electron chi connectivity index (χ1n) is 3.59. The normalized spacial score (nSPS) is 15.6. The Bertz CT molecular complexity index is 194. The van der Waals surface area contributed by atoms with Gasteiger partial charge in [0.25, 0.3) is 0 Å². The van der Waals surface area contributed by atoms with Crippen LogP contribution in [0.15, 0.2) is 0 Å². The summed E-state index contributed by atoms with van der Waals surface area (Å²) >= 11 is 0.666. The second kappa shape index (κ2) is 5.75. The lowest BCUT2D eigenvalue weighted by Crippen LogP contribution is -1.95. The van der Waals surface area contributed by atoms with Crippen LogP contribution in [-0.2, 0) is 13.9 Å². The van der Waals surface area contributed by atoms with Gasteiger partial charge in [0.15, 0.2) is 0 Å². The van der Waals surface area contributed by atoms with E-state index in [1.807, 2.05) is 6.92 Å². The Morgan fingerprint density at radius 1 is 1.67 bits per heavy atom. The van der Waals surface area contributed by atoms with Crippen LogP contribution in [0.2, 0.25) is 0 Å². The molecule has 72 valence electrons. The fourth-order valence-corrected chi connectivity index (χ4v) is 2.73. The molecule has 0 radical (unpaired) electrons. The van der Waals surface area contributed by atoms with Crippen molar-refractivity contribution in [3.8, 4) is 0 Å². The molecule has 0 aromatic rings. The molecule has 0 amide bonds. The van der Waals surface area contributed by atoms with Crippen molar-refractivity contribution in [1.82, 2.24) is 0 Å². The molecular formula is C6H13O4PS. The summed E-state index contributed by atoms with van der Waals surface area (Å²) in [5.74, 6) is -0.105. The smallest absolute Gasteiger partial charge is 0.316 e. The van der Waals surface area contributed by atoms with Crippen molar-refractivity contribution in [1.29, 1.82) is 0 Å². The van der Waals surface area contributed by atoms with Gasteiger partial charge in [0.1, 0.15) is 5.78 Å². The predicted molar refractivity (Wildman–Crippen MR) is 49.2 cm³/mol. The summed E-state index contributed by atoms with van der Waals surface area (Å²) in [7, 11) is 0. The van der Waals surface area contributed by atoms with Crippen LogP contribution < -0.4 is 0 Å². The quantitative estimate of drug-likeness (QED) is 0.680. The summed E-state index contributed by atoms with van der Waals surface area (Å²) < 4.78 is 15.7. The zero-order valence-corrected chi connectivity index (χ0v) is 8.86. The number of carbonyl (C=O) groups is 1. The van der Waals surface area contributed by atoms with E-state index in [0.717, 1.165) is 0 Å². The Labute approximate surface area is 76.0 Å². The summed E-state index contributed by atoms with van der Waals surface area (Å²) in [5, 5.41) is 0. The summed E-state index contributed by atoms with van der Waals surface area (Å²) in [6.45, 7) is -0.108. The molecule has 0 aromatic heterocycles. The van der Waals surface area contributed by atoms with Gasteiger partial charge < -0.3 is 9.42 Å². The van der Waals surface area contributed by atoms with Gasteiger partial charge in [0, 0.05) is 0 Å². The molecule has 0 fully saturated rings. The van der Waals surface area contributed by atoms with E-state index in [9.17, 15) is 9.36 Å². The van der Waals surface area contributed by atoms with Crippen LogP contribution in [0, 0.1) is 0 Å². The fourth-order valence-electron chi connectivity index (χ4n) is 0.416. The van der Waals surface area contributed by atoms with E-state index < -0.39 is 6.80 Å². The molecule has 0 heterocycles. The van der Waals surface area contributed by atoms with Crippen molar-refractivity contribution in [2.75, 3.05) is 12.4 Å². The lowest BCUT2D eigenvalue weighted by Gasteiger charge is -2.08. The Morgan fingerprint density at radius 3 is 2.67 bits per heavy atom. The number of Topliss-reactive ketones (excluding diaryl/α,β-unsaturated/α-hetero) is 1. The van der Waals surface area contributed by atoms with Crippen molar-refractivity contribution in [3.05, 3.63) is 0 Å². The molecule has 0 aliphatic carbocycles. The molecule has 6 heteroatoms. The highest BCUT2D eigenvalue weighted by atomic mass is 32.7. The maximum atomic E-state index is 11.0. The predicted octanol–water partition coefficient (Wildman–Crippen LogP) is 1.84. The lowest BCUT2D eigenvalue weighted by molar-refractivity contribution is -0.114. The molecule has 12 heavy (non-hydrogen) atoms. The number of hydrogen-bond donors (Lipinski definition) is 1. The van der Waals surface area contributed by atoms with Crippen LogP contribution >= 0.6 is 18.2 Å². The molecule has 0 spiro atoms. The Kier molecular flexibility index (Phi) is 5.84. The van der Waals surface area contributed by atoms with E-state index in [0.29, 0.717) is 17.8 Å². The van der Waals surface area contributed by atoms with Gasteiger partial charge >= 0.3 is 6.80 Å². The van der Waals surface area contributed by atoms with Crippen LogP contribution in [0.5, 0.6) is 0 Å². The van der Waals surface area contributed by atoms with Gasteiger partial charge in [-0.2, -0.15) is 0 Å². The highest BCUT2D eigenvalue weighted by Crippen LogP contribution is 2.55. The highest BCUT2D eigenvalue weighted by molar-refractivity contribution is 8.55. The zero-order chi connectivity index (χ0) is 9.61. The monoisotopic (exact) mass is 212 g/mol. The molecule has 0 rings (SSSR count). The zero-order valence-electron chi connectivity index (χ0n) is 7.15. The third-order valence-electron chi connectivity index (χ3n) is 0.890. The molecule has 0 bridgehead atoms. The van der Waals surface area contributed by atoms with Crippen molar-refractivity contribution in [2.24, 2.45) is 0 Å². The first-order valence-corrected chi connectivity index (χ1v) is 6.76. The molecule has 0 aliphatic heterocycles. The Balaban J connectivity index is 3.71. The van der Waals surface area contributed by atoms with Gasteiger partial charge in [-0.3, -0.25) is 4.79 Å². The third kappa shape index (κ3) is 6.85. The maximum Gasteiger partial charge on any atom is 0.386 e. The average Bonchev–Trinajstić information content (AvgIpc) is 1.98. The molecule has 1 atom stereocenters. The van der Waals surface area contributed by atoms with Crippen molar-refractivity contribution < 1.29 is 18.8 Å². The molecule has 0 saturated heterocycles. The average molecular weight is 212 g/mol. The van der Waals surface area contributed by atoms with Gasteiger partial charge in [-0.05, 0) is 24.7 Å². The SMILES string of the molecule is CCCOP(=O)(O)SCC(C)=O. The van der Waals surface area contributed by atoms with Crippen LogP contribution in [-0.4, -0.2) is 23.0 Å². The molecular weight excluding hydrogens is 199 g/mol. The summed E-state index contributed by atoms with van der Waals surface area (Å²) in [6, 6.07) is 0. The summed E-state index contributed by atoms with van der Waals surface area (Å²) in [4.78, 5) is 19.5. The van der Waals surface area contributed by atoms with Crippen molar-refractivity contribution >= 4 is 24.0 Å². The Morgan fingerprint density at radius 2 is 2.25 bits per heavy atom. The minimum absolute atomic E-state index is 0.0253. The van der Waals surface area contributed by atoms with Gasteiger partial charge in [-0.15, -0.1) is 0 Å². The second-order valence-electron chi connectivity index (χ2n) is 2.28. The first-order chi connectivity index (χ1) is 5.48. The van der Waals surface area contributed by atoms with Gasteiger partial charge in [-0.25, -0.2) is 4.57 Å². The number of hydrogen-bond acceptors (Lipinski definition) is 4. The molecule has 0 saturated carbocycles. The summed E-state index contributed by atoms with van der Waals surface area (Å²) in [6.07, 6.45) is 0.686. The van der Waals surface area contributed by atoms with Gasteiger partial charge in [0.05, 0.1) is 12.4 Å². The number of rotatable bonds is 6. The van der Waals surface area contributed by atoms with E-state index in [2.05, 4.69) is 4.52 Å². The van der Waals surface area contributed by atoms with Crippen LogP contribution in [0.1, 0.15) is 20.3 Å². The summed E-state index contributed by atoms with van der Waals surface area (Å²) in [5.41, 5.74) is 0. The molecule has 1 N–H and O–H groups in total. The van der Waals surface area contributed by atoms with Crippen LogP contribution in [0.3, 0.4) is 0 Å². The van der Waals surface area contributed by atoms with E-state index >= 15 is 0 Å². The minimum Gasteiger partial charge on any atom is -0.316 e. The van der Waals surface area contributed by atoms with E-state index in [1.165, 1.54) is 6.92 Å². The molecule has 0 aliphatic rings. The number of ketones is 1. The maximum absolute atomic E-state index is 11.0. The first kappa shape index (κ1) is 12.2. The topological polar surface area (TPSA) is 63.6 Å². The molecule has 1 unspecified atom stereocenters. The van der Waals surface area contributed by atoms with E-state index in [-0.39, 0.29) is 18.1 Å². The van der Waals surface area contributed by atoms with Gasteiger partial charge in [-0.1, -0.05) is 6.92 Å². The fraction of sp³-hybridized carbons (Fsp3) is 0.833. The molecule has 0 aromatic carbocycles. The highest BCUT2D eigenvalue weighted by Gasteiger charge is 2.20. The van der Waals surface area contributed by atoms with Crippen LogP contribution in [0.25, 0.3) is 0 Å².